The molecule has 3 aromatic rings. The van der Waals surface area contributed by atoms with E-state index in [1.54, 1.807) is 24.3 Å². The average molecular weight is 434 g/mol. The first-order valence-corrected chi connectivity index (χ1v) is 10.3. The van der Waals surface area contributed by atoms with Gasteiger partial charge in [-0.05, 0) is 72.8 Å². The van der Waals surface area contributed by atoms with Crippen molar-refractivity contribution in [2.45, 2.75) is 0 Å². The number of benzene rings is 3. The van der Waals surface area contributed by atoms with Crippen molar-refractivity contribution in [3.8, 4) is 5.75 Å². The van der Waals surface area contributed by atoms with Crippen molar-refractivity contribution >= 4 is 23.1 Å². The summed E-state index contributed by atoms with van der Waals surface area (Å²) in [5, 5.41) is 2.81. The van der Waals surface area contributed by atoms with Crippen LogP contribution in [-0.4, -0.2) is 44.6 Å². The van der Waals surface area contributed by atoms with Gasteiger partial charge in [-0.3, -0.25) is 9.59 Å². The maximum absolute atomic E-state index is 13.0. The predicted octanol–water partition coefficient (Wildman–Crippen LogP) is 3.91. The number of carbonyl (C=O) groups excluding carboxylic acids is 2. The van der Waals surface area contributed by atoms with Crippen LogP contribution in [0.5, 0.6) is 5.75 Å². The monoisotopic (exact) mass is 434 g/mol. The Morgan fingerprint density at radius 1 is 0.875 bits per heavy atom. The Balaban J connectivity index is 1.27. The van der Waals surface area contributed by atoms with Crippen molar-refractivity contribution < 1.29 is 23.5 Å². The van der Waals surface area contributed by atoms with Crippen molar-refractivity contribution in [2.24, 2.45) is 0 Å². The summed E-state index contributed by atoms with van der Waals surface area (Å²) in [6, 6.07) is 19.5. The number of morpholine rings is 1. The number of halogens is 1. The maximum Gasteiger partial charge on any atom is 0.262 e. The van der Waals surface area contributed by atoms with E-state index in [1.165, 1.54) is 24.3 Å². The summed E-state index contributed by atoms with van der Waals surface area (Å²) in [5.41, 5.74) is 2.64. The molecule has 1 amide bonds. The van der Waals surface area contributed by atoms with Gasteiger partial charge in [-0.25, -0.2) is 4.39 Å². The second-order valence-electron chi connectivity index (χ2n) is 7.34. The molecule has 1 N–H and O–H groups in total. The molecule has 1 aliphatic rings. The highest BCUT2D eigenvalue weighted by Crippen LogP contribution is 2.19. The van der Waals surface area contributed by atoms with Crippen LogP contribution in [-0.2, 0) is 9.53 Å². The van der Waals surface area contributed by atoms with Crippen molar-refractivity contribution in [1.29, 1.82) is 0 Å². The van der Waals surface area contributed by atoms with E-state index in [0.717, 1.165) is 32.0 Å². The van der Waals surface area contributed by atoms with Crippen LogP contribution in [0.2, 0.25) is 0 Å². The minimum Gasteiger partial charge on any atom is -0.484 e. The second-order valence-corrected chi connectivity index (χ2v) is 7.34. The molecule has 1 heterocycles. The largest absolute Gasteiger partial charge is 0.484 e. The van der Waals surface area contributed by atoms with Crippen LogP contribution in [0, 0.1) is 5.82 Å². The van der Waals surface area contributed by atoms with E-state index in [0.29, 0.717) is 22.6 Å². The summed E-state index contributed by atoms with van der Waals surface area (Å²) in [4.78, 5) is 26.9. The topological polar surface area (TPSA) is 67.9 Å². The standard InChI is InChI=1S/C25H23FN2O4/c26-20-5-1-18(2-6-20)25(30)19-3-11-23(12-4-19)32-17-24(29)27-21-7-9-22(10-8-21)28-13-15-31-16-14-28/h1-12H,13-17H2,(H,27,29). The zero-order valence-electron chi connectivity index (χ0n) is 17.4. The van der Waals surface area contributed by atoms with Crippen molar-refractivity contribution in [3.63, 3.8) is 0 Å². The predicted molar refractivity (Wildman–Crippen MR) is 120 cm³/mol. The minimum atomic E-state index is -0.392. The van der Waals surface area contributed by atoms with Gasteiger partial charge < -0.3 is 19.7 Å². The fourth-order valence-electron chi connectivity index (χ4n) is 3.39. The third-order valence-corrected chi connectivity index (χ3v) is 5.12. The van der Waals surface area contributed by atoms with Crippen LogP contribution in [0.1, 0.15) is 15.9 Å². The Bertz CT molecular complexity index is 1060. The van der Waals surface area contributed by atoms with Gasteiger partial charge >= 0.3 is 0 Å². The van der Waals surface area contributed by atoms with Gasteiger partial charge in [0.25, 0.3) is 5.91 Å². The van der Waals surface area contributed by atoms with Gasteiger partial charge in [0.1, 0.15) is 11.6 Å². The van der Waals surface area contributed by atoms with Crippen LogP contribution in [0.3, 0.4) is 0 Å². The van der Waals surface area contributed by atoms with Gasteiger partial charge in [0.2, 0.25) is 0 Å². The fraction of sp³-hybridized carbons (Fsp3) is 0.200. The zero-order valence-corrected chi connectivity index (χ0v) is 17.4. The summed E-state index contributed by atoms with van der Waals surface area (Å²) in [5.74, 6) is -0.416. The highest BCUT2D eigenvalue weighted by atomic mass is 19.1. The number of nitrogens with zero attached hydrogens (tertiary/aromatic N) is 1. The summed E-state index contributed by atoms with van der Waals surface area (Å²) < 4.78 is 23.9. The number of hydrogen-bond acceptors (Lipinski definition) is 5. The summed E-state index contributed by atoms with van der Waals surface area (Å²) in [7, 11) is 0. The Kier molecular flexibility index (Phi) is 6.77. The molecule has 0 aliphatic carbocycles. The molecular weight excluding hydrogens is 411 g/mol. The summed E-state index contributed by atoms with van der Waals surface area (Å²) >= 11 is 0. The molecule has 0 spiro atoms. The van der Waals surface area contributed by atoms with Crippen LogP contribution in [0.4, 0.5) is 15.8 Å². The normalized spacial score (nSPS) is 13.5. The second kappa shape index (κ2) is 10.1. The zero-order chi connectivity index (χ0) is 22.3. The van der Waals surface area contributed by atoms with Gasteiger partial charge in [-0.2, -0.15) is 0 Å². The number of rotatable bonds is 7. The number of nitrogens with one attached hydrogen (secondary N) is 1. The van der Waals surface area contributed by atoms with Crippen molar-refractivity contribution in [3.05, 3.63) is 89.7 Å². The molecule has 6 nitrogen and oxygen atoms in total. The van der Waals surface area contributed by atoms with Crippen LogP contribution >= 0.6 is 0 Å². The third-order valence-electron chi connectivity index (χ3n) is 5.12. The SMILES string of the molecule is O=C(COc1ccc(C(=O)c2ccc(F)cc2)cc1)Nc1ccc(N2CCOCC2)cc1. The average Bonchev–Trinajstić information content (AvgIpc) is 2.84. The molecule has 1 saturated heterocycles. The molecule has 7 heteroatoms. The Morgan fingerprint density at radius 3 is 2.09 bits per heavy atom. The highest BCUT2D eigenvalue weighted by Gasteiger charge is 2.12. The van der Waals surface area contributed by atoms with E-state index >= 15 is 0 Å². The number of hydrogen-bond donors (Lipinski definition) is 1. The van der Waals surface area contributed by atoms with E-state index < -0.39 is 5.82 Å². The third kappa shape index (κ3) is 5.50. The lowest BCUT2D eigenvalue weighted by atomic mass is 10.0. The fourth-order valence-corrected chi connectivity index (χ4v) is 3.39. The quantitative estimate of drug-likeness (QED) is 0.571. The van der Waals surface area contributed by atoms with Gasteiger partial charge in [0.15, 0.2) is 12.4 Å². The summed E-state index contributed by atoms with van der Waals surface area (Å²) in [6.45, 7) is 2.99. The van der Waals surface area contributed by atoms with Crippen LogP contribution < -0.4 is 15.0 Å². The molecular formula is C25H23FN2O4. The van der Waals surface area contributed by atoms with E-state index in [4.69, 9.17) is 9.47 Å². The maximum atomic E-state index is 13.0. The molecule has 0 atom stereocenters. The molecule has 1 fully saturated rings. The first kappa shape index (κ1) is 21.5. The minimum absolute atomic E-state index is 0.156. The molecule has 164 valence electrons. The van der Waals surface area contributed by atoms with E-state index in [1.807, 2.05) is 24.3 Å². The number of amides is 1. The Hall–Kier alpha value is -3.71. The number of anilines is 2. The van der Waals surface area contributed by atoms with Crippen molar-refractivity contribution in [1.82, 2.24) is 0 Å². The summed E-state index contributed by atoms with van der Waals surface area (Å²) in [6.07, 6.45) is 0. The molecule has 0 saturated carbocycles. The van der Waals surface area contributed by atoms with Crippen molar-refractivity contribution in [2.75, 3.05) is 43.1 Å². The van der Waals surface area contributed by atoms with Gasteiger partial charge in [-0.15, -0.1) is 0 Å². The first-order valence-electron chi connectivity index (χ1n) is 10.3. The number of carbonyl (C=O) groups is 2. The Morgan fingerprint density at radius 2 is 1.47 bits per heavy atom. The molecule has 32 heavy (non-hydrogen) atoms. The van der Waals surface area contributed by atoms with Gasteiger partial charge in [-0.1, -0.05) is 0 Å². The Labute approximate surface area is 185 Å². The lowest BCUT2D eigenvalue weighted by Crippen LogP contribution is -2.36. The lowest BCUT2D eigenvalue weighted by Gasteiger charge is -2.28. The molecule has 3 aromatic carbocycles. The van der Waals surface area contributed by atoms with Gasteiger partial charge in [0.05, 0.1) is 13.2 Å². The highest BCUT2D eigenvalue weighted by molar-refractivity contribution is 6.09. The lowest BCUT2D eigenvalue weighted by molar-refractivity contribution is -0.118. The molecule has 4 rings (SSSR count). The van der Waals surface area contributed by atoms with Crippen LogP contribution in [0.25, 0.3) is 0 Å². The number of ether oxygens (including phenoxy) is 2. The van der Waals surface area contributed by atoms with Gasteiger partial charge in [0, 0.05) is 35.6 Å². The van der Waals surface area contributed by atoms with Crippen LogP contribution in [0.15, 0.2) is 72.8 Å². The molecule has 1 aliphatic heterocycles. The number of ketones is 1. The molecule has 0 bridgehead atoms. The smallest absolute Gasteiger partial charge is 0.262 e. The molecule has 0 radical (unpaired) electrons. The molecule has 0 unspecified atom stereocenters. The van der Waals surface area contributed by atoms with E-state index in [2.05, 4.69) is 10.2 Å². The van der Waals surface area contributed by atoms with E-state index in [-0.39, 0.29) is 18.3 Å². The van der Waals surface area contributed by atoms with E-state index in [9.17, 15) is 14.0 Å². The molecule has 0 aromatic heterocycles. The first-order chi connectivity index (χ1) is 15.6.